The first-order valence-corrected chi connectivity index (χ1v) is 7.61. The molecule has 0 fully saturated rings. The van der Waals surface area contributed by atoms with E-state index in [-0.39, 0.29) is 19.3 Å². The molecule has 0 bridgehead atoms. The minimum absolute atomic E-state index is 0.204. The second-order valence-corrected chi connectivity index (χ2v) is 5.30. The molecule has 0 aliphatic heterocycles. The normalized spacial score (nSPS) is 12.9. The van der Waals surface area contributed by atoms with Crippen molar-refractivity contribution in [2.45, 2.75) is 37.5 Å². The summed E-state index contributed by atoms with van der Waals surface area (Å²) in [7, 11) is 0. The lowest BCUT2D eigenvalue weighted by Gasteiger charge is -2.07. The van der Waals surface area contributed by atoms with Gasteiger partial charge < -0.3 is 27.4 Å². The molecule has 27 heavy (non-hydrogen) atoms. The third-order valence-corrected chi connectivity index (χ3v) is 3.16. The summed E-state index contributed by atoms with van der Waals surface area (Å²) in [6.07, 6.45) is 0.0410. The van der Waals surface area contributed by atoms with Crippen LogP contribution in [0.5, 0.6) is 0 Å². The Morgan fingerprint density at radius 3 is 1.96 bits per heavy atom. The van der Waals surface area contributed by atoms with Gasteiger partial charge in [0.15, 0.2) is 0 Å². The molecule has 3 atom stereocenters. The zero-order valence-corrected chi connectivity index (χ0v) is 14.3. The van der Waals surface area contributed by atoms with Gasteiger partial charge in [0.1, 0.15) is 12.1 Å². The van der Waals surface area contributed by atoms with Gasteiger partial charge >= 0.3 is 11.9 Å². The van der Waals surface area contributed by atoms with E-state index in [1.807, 2.05) is 0 Å². The molecule has 1 aromatic rings. The number of aliphatic carboxylic acids is 2. The van der Waals surface area contributed by atoms with Crippen molar-refractivity contribution in [1.29, 1.82) is 0 Å². The molecule has 0 aromatic heterocycles. The molecule has 0 aliphatic rings. The van der Waals surface area contributed by atoms with Crippen molar-refractivity contribution in [3.8, 4) is 0 Å². The van der Waals surface area contributed by atoms with Crippen LogP contribution in [0.2, 0.25) is 0 Å². The van der Waals surface area contributed by atoms with E-state index < -0.39 is 30.2 Å². The predicted octanol–water partition coefficient (Wildman–Crippen LogP) is 1.36. The molecule has 0 aliphatic carbocycles. The number of hydrogen-bond donors (Lipinski definition) is 5. The fraction of sp³-hybridized carbons (Fsp3) is 0.429. The number of carbonyl (C=O) groups is 2. The van der Waals surface area contributed by atoms with Crippen molar-refractivity contribution in [3.63, 3.8) is 0 Å². The fourth-order valence-electron chi connectivity index (χ4n) is 1.69. The Hall–Kier alpha value is -3.34. The maximum Gasteiger partial charge on any atom is 0.320 e. The molecule has 0 saturated heterocycles. The zero-order valence-electron chi connectivity index (χ0n) is 14.3. The molecule has 0 amide bonds. The molecule has 0 saturated carbocycles. The minimum atomic E-state index is -1.08. The number of carboxylic acid groups (broad SMARTS) is 2. The van der Waals surface area contributed by atoms with Gasteiger partial charge in [-0.2, -0.15) is 0 Å². The number of azide groups is 2. The number of rotatable bonds is 9. The molecule has 1 unspecified atom stereocenters. The summed E-state index contributed by atoms with van der Waals surface area (Å²) in [5.74, 6) is -2.11. The predicted molar refractivity (Wildman–Crippen MR) is 96.5 cm³/mol. The maximum absolute atomic E-state index is 10.5. The summed E-state index contributed by atoms with van der Waals surface area (Å²) in [5, 5.41) is 23.5. The third kappa shape index (κ3) is 11.0. The van der Waals surface area contributed by atoms with E-state index in [0.717, 1.165) is 5.56 Å². The van der Waals surface area contributed by atoms with Crippen molar-refractivity contribution < 1.29 is 19.8 Å². The molecule has 0 spiro atoms. The molecular formula is C14H21N9O4. The summed E-state index contributed by atoms with van der Waals surface area (Å²) in [5.41, 5.74) is 33.2. The molecule has 0 radical (unpaired) electrons. The van der Waals surface area contributed by atoms with Crippen LogP contribution in [0, 0.1) is 0 Å². The highest BCUT2D eigenvalue weighted by Gasteiger charge is 2.12. The van der Waals surface area contributed by atoms with E-state index in [2.05, 4.69) is 20.1 Å². The van der Waals surface area contributed by atoms with E-state index in [1.54, 1.807) is 24.3 Å². The second kappa shape index (κ2) is 12.9. The van der Waals surface area contributed by atoms with Crippen LogP contribution in [-0.2, 0) is 16.0 Å². The van der Waals surface area contributed by atoms with E-state index >= 15 is 0 Å². The second-order valence-electron chi connectivity index (χ2n) is 5.30. The topological polar surface area (TPSA) is 250 Å². The molecule has 13 heteroatoms. The fourth-order valence-corrected chi connectivity index (χ4v) is 1.69. The molecule has 146 valence electrons. The first-order valence-electron chi connectivity index (χ1n) is 7.61. The highest BCUT2D eigenvalue weighted by molar-refractivity contribution is 5.73. The van der Waals surface area contributed by atoms with E-state index in [0.29, 0.717) is 5.69 Å². The zero-order chi connectivity index (χ0) is 20.8. The molecular weight excluding hydrogens is 358 g/mol. The highest BCUT2D eigenvalue weighted by atomic mass is 16.4. The summed E-state index contributed by atoms with van der Waals surface area (Å²) >= 11 is 0. The summed E-state index contributed by atoms with van der Waals surface area (Å²) in [6.45, 7) is 0. The van der Waals surface area contributed by atoms with Gasteiger partial charge in [0.2, 0.25) is 0 Å². The standard InChI is InChI=1S/C9H10N4O2.C5H11N5O2/c10-8(9(14)15)5-6-1-3-7(4-2-6)12-13-11;6-3(5(11)12)1-2-4(7)9-10-8/h1-4,8H,5,10H2,(H,14,15);3-4H,1-2,6-7H2,(H,11,12)/t8-;3-,4?/m00/s1. The first-order chi connectivity index (χ1) is 12.7. The van der Waals surface area contributed by atoms with Crippen LogP contribution in [0.3, 0.4) is 0 Å². The number of nitrogens with zero attached hydrogens (tertiary/aromatic N) is 6. The Bertz CT molecular complexity index is 704. The van der Waals surface area contributed by atoms with Gasteiger partial charge in [-0.25, -0.2) is 0 Å². The SMILES string of the molecule is [N-]=[N+]=NC(N)CC[C@H](N)C(=O)O.[N-]=[N+]=Nc1ccc(C[C@H](N)C(=O)O)cc1. The van der Waals surface area contributed by atoms with Gasteiger partial charge in [-0.3, -0.25) is 9.59 Å². The molecule has 1 aromatic carbocycles. The highest BCUT2D eigenvalue weighted by Crippen LogP contribution is 2.13. The van der Waals surface area contributed by atoms with Crippen molar-refractivity contribution in [3.05, 3.63) is 50.7 Å². The Labute approximate surface area is 154 Å². The monoisotopic (exact) mass is 379 g/mol. The number of hydrogen-bond acceptors (Lipinski definition) is 7. The van der Waals surface area contributed by atoms with Crippen LogP contribution < -0.4 is 17.2 Å². The summed E-state index contributed by atoms with van der Waals surface area (Å²) in [4.78, 5) is 25.8. The molecule has 8 N–H and O–H groups in total. The Morgan fingerprint density at radius 1 is 0.963 bits per heavy atom. The van der Waals surface area contributed by atoms with E-state index in [1.165, 1.54) is 0 Å². The van der Waals surface area contributed by atoms with Crippen LogP contribution in [0.4, 0.5) is 5.69 Å². The Kier molecular flexibility index (Phi) is 11.3. The van der Waals surface area contributed by atoms with Crippen molar-refractivity contribution in [1.82, 2.24) is 0 Å². The van der Waals surface area contributed by atoms with Crippen molar-refractivity contribution >= 4 is 17.6 Å². The van der Waals surface area contributed by atoms with Crippen LogP contribution in [0.25, 0.3) is 20.9 Å². The molecule has 1 rings (SSSR count). The van der Waals surface area contributed by atoms with E-state index in [4.69, 9.17) is 38.5 Å². The van der Waals surface area contributed by atoms with Crippen LogP contribution in [0.1, 0.15) is 18.4 Å². The van der Waals surface area contributed by atoms with Crippen molar-refractivity contribution in [2.75, 3.05) is 0 Å². The smallest absolute Gasteiger partial charge is 0.320 e. The lowest BCUT2D eigenvalue weighted by Crippen LogP contribution is -2.32. The van der Waals surface area contributed by atoms with Gasteiger partial charge in [0, 0.05) is 15.5 Å². The average Bonchev–Trinajstić information content (AvgIpc) is 2.62. The Morgan fingerprint density at radius 2 is 1.52 bits per heavy atom. The minimum Gasteiger partial charge on any atom is -0.480 e. The number of carboxylic acids is 2. The molecule has 13 nitrogen and oxygen atoms in total. The molecule has 0 heterocycles. The summed E-state index contributed by atoms with van der Waals surface area (Å²) in [6, 6.07) is 4.76. The Balaban J connectivity index is 0.000000516. The number of benzene rings is 1. The van der Waals surface area contributed by atoms with Crippen LogP contribution in [-0.4, -0.2) is 40.4 Å². The summed E-state index contributed by atoms with van der Waals surface area (Å²) < 4.78 is 0. The first kappa shape index (κ1) is 23.7. The van der Waals surface area contributed by atoms with Gasteiger partial charge in [-0.1, -0.05) is 34.5 Å². The van der Waals surface area contributed by atoms with Gasteiger partial charge in [0.05, 0.1) is 6.17 Å². The largest absolute Gasteiger partial charge is 0.480 e. The maximum atomic E-state index is 10.5. The van der Waals surface area contributed by atoms with Gasteiger partial charge in [-0.15, -0.1) is 0 Å². The quantitative estimate of drug-likeness (QED) is 0.239. The van der Waals surface area contributed by atoms with Crippen molar-refractivity contribution in [2.24, 2.45) is 27.4 Å². The average molecular weight is 379 g/mol. The lowest BCUT2D eigenvalue weighted by molar-refractivity contribution is -0.139. The lowest BCUT2D eigenvalue weighted by atomic mass is 10.1. The van der Waals surface area contributed by atoms with Crippen LogP contribution >= 0.6 is 0 Å². The number of nitrogens with two attached hydrogens (primary N) is 3. The van der Waals surface area contributed by atoms with Gasteiger partial charge in [-0.05, 0) is 35.9 Å². The van der Waals surface area contributed by atoms with E-state index in [9.17, 15) is 9.59 Å². The van der Waals surface area contributed by atoms with Gasteiger partial charge in [0.25, 0.3) is 0 Å². The van der Waals surface area contributed by atoms with Crippen LogP contribution in [0.15, 0.2) is 34.5 Å². The third-order valence-electron chi connectivity index (χ3n) is 3.16.